The molecule has 4 nitrogen and oxygen atoms in total. The second-order valence-electron chi connectivity index (χ2n) is 4.47. The van der Waals surface area contributed by atoms with E-state index in [4.69, 9.17) is 0 Å². The van der Waals surface area contributed by atoms with Gasteiger partial charge in [0.25, 0.3) is 0 Å². The smallest absolute Gasteiger partial charge is 0.126 e. The molecule has 1 aliphatic rings. The minimum atomic E-state index is 0.953. The number of piperazine rings is 1. The summed E-state index contributed by atoms with van der Waals surface area (Å²) in [6.07, 6.45) is 0. The van der Waals surface area contributed by atoms with Gasteiger partial charge in [-0.3, -0.25) is 4.90 Å². The molecule has 0 unspecified atom stereocenters. The molecule has 1 aromatic rings. The molecule has 0 bridgehead atoms. The van der Waals surface area contributed by atoms with Crippen LogP contribution in [0.4, 0.5) is 5.82 Å². The van der Waals surface area contributed by atoms with Crippen molar-refractivity contribution in [2.45, 2.75) is 13.5 Å². The SMILES string of the molecule is CCN1CCN(Cc2cccc(NC)n2)CC1. The van der Waals surface area contributed by atoms with Crippen molar-refractivity contribution >= 4 is 5.82 Å². The Hall–Kier alpha value is -1.13. The Bertz CT molecular complexity index is 345. The van der Waals surface area contributed by atoms with Crippen LogP contribution >= 0.6 is 0 Å². The molecule has 1 fully saturated rings. The zero-order valence-corrected chi connectivity index (χ0v) is 10.8. The van der Waals surface area contributed by atoms with Crippen molar-refractivity contribution in [1.29, 1.82) is 0 Å². The van der Waals surface area contributed by atoms with Crippen molar-refractivity contribution in [3.05, 3.63) is 23.9 Å². The van der Waals surface area contributed by atoms with Crippen LogP contribution in [0.5, 0.6) is 0 Å². The number of aromatic nitrogens is 1. The largest absolute Gasteiger partial charge is 0.373 e. The fourth-order valence-electron chi connectivity index (χ4n) is 2.20. The van der Waals surface area contributed by atoms with Crippen LogP contribution in [0.25, 0.3) is 0 Å². The van der Waals surface area contributed by atoms with Gasteiger partial charge in [0.1, 0.15) is 5.82 Å². The van der Waals surface area contributed by atoms with E-state index in [0.29, 0.717) is 0 Å². The third kappa shape index (κ3) is 3.41. The average Bonchev–Trinajstić information content (AvgIpc) is 2.40. The Labute approximate surface area is 104 Å². The van der Waals surface area contributed by atoms with Gasteiger partial charge < -0.3 is 10.2 Å². The lowest BCUT2D eigenvalue weighted by Gasteiger charge is -2.33. The van der Waals surface area contributed by atoms with Crippen LogP contribution in [0.15, 0.2) is 18.2 Å². The topological polar surface area (TPSA) is 31.4 Å². The van der Waals surface area contributed by atoms with E-state index in [1.54, 1.807) is 0 Å². The van der Waals surface area contributed by atoms with Crippen LogP contribution in [-0.2, 0) is 6.54 Å². The lowest BCUT2D eigenvalue weighted by molar-refractivity contribution is 0.131. The van der Waals surface area contributed by atoms with E-state index in [2.05, 4.69) is 39.2 Å². The highest BCUT2D eigenvalue weighted by Crippen LogP contribution is 2.09. The third-order valence-corrected chi connectivity index (χ3v) is 3.36. The summed E-state index contributed by atoms with van der Waals surface area (Å²) in [5.74, 6) is 0.953. The Balaban J connectivity index is 1.88. The molecule has 0 aromatic carbocycles. The molecule has 0 amide bonds. The summed E-state index contributed by atoms with van der Waals surface area (Å²) in [6, 6.07) is 6.17. The number of rotatable bonds is 4. The first-order chi connectivity index (χ1) is 8.31. The van der Waals surface area contributed by atoms with E-state index in [-0.39, 0.29) is 0 Å². The number of nitrogens with zero attached hydrogens (tertiary/aromatic N) is 3. The van der Waals surface area contributed by atoms with E-state index in [0.717, 1.165) is 31.1 Å². The molecule has 1 N–H and O–H groups in total. The van der Waals surface area contributed by atoms with Crippen molar-refractivity contribution in [2.24, 2.45) is 0 Å². The second kappa shape index (κ2) is 5.98. The van der Waals surface area contributed by atoms with Gasteiger partial charge in [-0.2, -0.15) is 0 Å². The highest BCUT2D eigenvalue weighted by molar-refractivity contribution is 5.34. The Morgan fingerprint density at radius 2 is 1.88 bits per heavy atom. The van der Waals surface area contributed by atoms with E-state index in [1.165, 1.54) is 19.6 Å². The average molecular weight is 234 g/mol. The molecule has 0 saturated carbocycles. The first-order valence-electron chi connectivity index (χ1n) is 6.40. The predicted molar refractivity (Wildman–Crippen MR) is 71.2 cm³/mol. The highest BCUT2D eigenvalue weighted by Gasteiger charge is 2.15. The van der Waals surface area contributed by atoms with Gasteiger partial charge in [-0.05, 0) is 18.7 Å². The number of likely N-dealkylation sites (N-methyl/N-ethyl adjacent to an activating group) is 1. The molecular formula is C13H22N4. The monoisotopic (exact) mass is 234 g/mol. The highest BCUT2D eigenvalue weighted by atomic mass is 15.3. The summed E-state index contributed by atoms with van der Waals surface area (Å²) >= 11 is 0. The van der Waals surface area contributed by atoms with E-state index >= 15 is 0 Å². The van der Waals surface area contributed by atoms with Gasteiger partial charge in [-0.15, -0.1) is 0 Å². The van der Waals surface area contributed by atoms with Gasteiger partial charge in [0.15, 0.2) is 0 Å². The zero-order chi connectivity index (χ0) is 12.1. The molecule has 0 aliphatic carbocycles. The quantitative estimate of drug-likeness (QED) is 0.850. The minimum Gasteiger partial charge on any atom is -0.373 e. The molecule has 1 aliphatic heterocycles. The van der Waals surface area contributed by atoms with Gasteiger partial charge in [0, 0.05) is 39.8 Å². The molecule has 2 rings (SSSR count). The molecule has 0 atom stereocenters. The lowest BCUT2D eigenvalue weighted by atomic mass is 10.2. The van der Waals surface area contributed by atoms with Crippen molar-refractivity contribution in [3.8, 4) is 0 Å². The molecule has 0 radical (unpaired) electrons. The molecular weight excluding hydrogens is 212 g/mol. The number of hydrogen-bond donors (Lipinski definition) is 1. The first-order valence-corrected chi connectivity index (χ1v) is 6.40. The Morgan fingerprint density at radius 3 is 2.53 bits per heavy atom. The molecule has 94 valence electrons. The maximum absolute atomic E-state index is 4.56. The van der Waals surface area contributed by atoms with Crippen LogP contribution in [0, 0.1) is 0 Å². The summed E-state index contributed by atoms with van der Waals surface area (Å²) in [6.45, 7) is 9.03. The van der Waals surface area contributed by atoms with Crippen molar-refractivity contribution in [3.63, 3.8) is 0 Å². The minimum absolute atomic E-state index is 0.953. The van der Waals surface area contributed by atoms with Gasteiger partial charge in [0.2, 0.25) is 0 Å². The fraction of sp³-hybridized carbons (Fsp3) is 0.615. The molecule has 1 aromatic heterocycles. The standard InChI is InChI=1S/C13H22N4/c1-3-16-7-9-17(10-8-16)11-12-5-4-6-13(14-2)15-12/h4-6H,3,7-11H2,1-2H3,(H,14,15). The summed E-state index contributed by atoms with van der Waals surface area (Å²) in [5.41, 5.74) is 1.15. The van der Waals surface area contributed by atoms with Gasteiger partial charge >= 0.3 is 0 Å². The molecule has 4 heteroatoms. The fourth-order valence-corrected chi connectivity index (χ4v) is 2.20. The lowest BCUT2D eigenvalue weighted by Crippen LogP contribution is -2.45. The van der Waals surface area contributed by atoms with Crippen molar-refractivity contribution in [1.82, 2.24) is 14.8 Å². The van der Waals surface area contributed by atoms with E-state index in [9.17, 15) is 0 Å². The normalized spacial score (nSPS) is 18.2. The zero-order valence-electron chi connectivity index (χ0n) is 10.8. The van der Waals surface area contributed by atoms with Gasteiger partial charge in [0.05, 0.1) is 5.69 Å². The summed E-state index contributed by atoms with van der Waals surface area (Å²) < 4.78 is 0. The Kier molecular flexibility index (Phi) is 4.34. The van der Waals surface area contributed by atoms with Crippen LogP contribution in [0.1, 0.15) is 12.6 Å². The molecule has 2 heterocycles. The van der Waals surface area contributed by atoms with Crippen LogP contribution in [0.3, 0.4) is 0 Å². The van der Waals surface area contributed by atoms with E-state index < -0.39 is 0 Å². The summed E-state index contributed by atoms with van der Waals surface area (Å²) in [4.78, 5) is 9.53. The second-order valence-corrected chi connectivity index (χ2v) is 4.47. The van der Waals surface area contributed by atoms with Crippen LogP contribution < -0.4 is 5.32 Å². The van der Waals surface area contributed by atoms with Gasteiger partial charge in [-0.25, -0.2) is 4.98 Å². The molecule has 1 saturated heterocycles. The summed E-state index contributed by atoms with van der Waals surface area (Å²) in [7, 11) is 1.91. The van der Waals surface area contributed by atoms with Crippen LogP contribution in [-0.4, -0.2) is 54.6 Å². The predicted octanol–water partition coefficient (Wildman–Crippen LogP) is 1.26. The molecule has 0 spiro atoms. The number of anilines is 1. The number of nitrogens with one attached hydrogen (secondary N) is 1. The van der Waals surface area contributed by atoms with Gasteiger partial charge in [-0.1, -0.05) is 13.0 Å². The number of hydrogen-bond acceptors (Lipinski definition) is 4. The Morgan fingerprint density at radius 1 is 1.18 bits per heavy atom. The maximum atomic E-state index is 4.56. The number of pyridine rings is 1. The first kappa shape index (κ1) is 12.3. The van der Waals surface area contributed by atoms with Crippen LogP contribution in [0.2, 0.25) is 0 Å². The van der Waals surface area contributed by atoms with Crippen molar-refractivity contribution < 1.29 is 0 Å². The summed E-state index contributed by atoms with van der Waals surface area (Å²) in [5, 5.41) is 3.08. The maximum Gasteiger partial charge on any atom is 0.126 e. The van der Waals surface area contributed by atoms with Crippen molar-refractivity contribution in [2.75, 3.05) is 45.1 Å². The van der Waals surface area contributed by atoms with E-state index in [1.807, 2.05) is 13.1 Å². The molecule has 17 heavy (non-hydrogen) atoms. The third-order valence-electron chi connectivity index (χ3n) is 3.36.